The fraction of sp³-hybridized carbons (Fsp3) is 0.400. The van der Waals surface area contributed by atoms with Crippen LogP contribution < -0.4 is 5.73 Å². The third-order valence-electron chi connectivity index (χ3n) is 9.81. The van der Waals surface area contributed by atoms with Crippen molar-refractivity contribution in [3.05, 3.63) is 96.7 Å². The van der Waals surface area contributed by atoms with Crippen LogP contribution in [0, 0.1) is 23.4 Å². The summed E-state index contributed by atoms with van der Waals surface area (Å²) in [5, 5.41) is 15.9. The molecule has 1 atom stereocenters. The predicted octanol–water partition coefficient (Wildman–Crippen LogP) is 4.54. The third-order valence-corrected chi connectivity index (χ3v) is 9.81. The largest absolute Gasteiger partial charge is 0.382 e. The second kappa shape index (κ2) is 14.1. The summed E-state index contributed by atoms with van der Waals surface area (Å²) in [5.74, 6) is -1.10. The maximum absolute atomic E-state index is 14.9. The lowest BCUT2D eigenvalue weighted by Gasteiger charge is -2.40. The van der Waals surface area contributed by atoms with Crippen molar-refractivity contribution in [1.29, 1.82) is 0 Å². The molecule has 2 fully saturated rings. The zero-order chi connectivity index (χ0) is 34.0. The van der Waals surface area contributed by atoms with E-state index in [2.05, 4.69) is 34.4 Å². The number of nitrogens with zero attached hydrogens (tertiary/aromatic N) is 9. The fourth-order valence-corrected chi connectivity index (χ4v) is 7.33. The lowest BCUT2D eigenvalue weighted by Crippen LogP contribution is -2.48. The highest BCUT2D eigenvalue weighted by atomic mass is 19.1. The molecule has 0 saturated carbocycles. The number of imidazole rings is 1. The number of aliphatic hydroxyl groups is 1. The Labute approximate surface area is 282 Å². The Hall–Kier alpha value is -4.66. The summed E-state index contributed by atoms with van der Waals surface area (Å²) < 4.78 is 46.0. The molecule has 5 heterocycles. The molecule has 7 rings (SSSR count). The third kappa shape index (κ3) is 7.36. The van der Waals surface area contributed by atoms with E-state index in [9.17, 15) is 18.3 Å². The van der Waals surface area contributed by atoms with Gasteiger partial charge in [0.1, 0.15) is 35.7 Å². The molecule has 49 heavy (non-hydrogen) atoms. The molecule has 2 saturated heterocycles. The van der Waals surface area contributed by atoms with Crippen molar-refractivity contribution < 1.29 is 18.3 Å². The van der Waals surface area contributed by atoms with Gasteiger partial charge in [0.05, 0.1) is 30.0 Å². The SMILES string of the molecule is Nc1nccc(-c2c(-c3ccc(F)cc3)ncn2C2CCN(CC3CCN(CC(O)(Cn4cncn4)c4ccc(F)cc4F)CC3)CC2)n1. The first kappa shape index (κ1) is 32.9. The van der Waals surface area contributed by atoms with Crippen LogP contribution in [-0.2, 0) is 12.1 Å². The average molecular weight is 673 g/mol. The van der Waals surface area contributed by atoms with E-state index in [0.29, 0.717) is 11.6 Å². The van der Waals surface area contributed by atoms with Gasteiger partial charge in [-0.25, -0.2) is 37.8 Å². The van der Waals surface area contributed by atoms with E-state index < -0.39 is 17.2 Å². The van der Waals surface area contributed by atoms with Crippen LogP contribution in [0.4, 0.5) is 19.1 Å². The van der Waals surface area contributed by atoms with Crippen molar-refractivity contribution in [1.82, 2.24) is 44.1 Å². The van der Waals surface area contributed by atoms with Crippen LogP contribution >= 0.6 is 0 Å². The first-order valence-electron chi connectivity index (χ1n) is 16.6. The van der Waals surface area contributed by atoms with Gasteiger partial charge in [-0.3, -0.25) is 0 Å². The number of hydrogen-bond donors (Lipinski definition) is 2. The Balaban J connectivity index is 0.976. The molecule has 0 amide bonds. The molecular formula is C35H39F3N10O. The number of anilines is 1. The van der Waals surface area contributed by atoms with E-state index in [0.717, 1.165) is 81.4 Å². The van der Waals surface area contributed by atoms with Crippen molar-refractivity contribution in [2.24, 2.45) is 5.92 Å². The van der Waals surface area contributed by atoms with Gasteiger partial charge in [0, 0.05) is 55.6 Å². The molecule has 2 aliphatic heterocycles. The predicted molar refractivity (Wildman–Crippen MR) is 177 cm³/mol. The first-order chi connectivity index (χ1) is 23.7. The van der Waals surface area contributed by atoms with Crippen molar-refractivity contribution in [3.8, 4) is 22.6 Å². The number of nitrogens with two attached hydrogens (primary N) is 1. The van der Waals surface area contributed by atoms with Gasteiger partial charge < -0.3 is 25.2 Å². The molecule has 0 bridgehead atoms. The average Bonchev–Trinajstić information content (AvgIpc) is 3.77. The quantitative estimate of drug-likeness (QED) is 0.220. The molecule has 0 spiro atoms. The zero-order valence-corrected chi connectivity index (χ0v) is 27.0. The summed E-state index contributed by atoms with van der Waals surface area (Å²) in [4.78, 5) is 21.9. The Kier molecular flexibility index (Phi) is 9.43. The van der Waals surface area contributed by atoms with Gasteiger partial charge in [-0.1, -0.05) is 6.07 Å². The molecule has 256 valence electrons. The maximum atomic E-state index is 14.9. The number of halogens is 3. The van der Waals surface area contributed by atoms with Gasteiger partial charge in [-0.05, 0) is 81.1 Å². The lowest BCUT2D eigenvalue weighted by molar-refractivity contribution is -0.0300. The summed E-state index contributed by atoms with van der Waals surface area (Å²) in [6.07, 6.45) is 10.1. The molecule has 0 radical (unpaired) electrons. The first-order valence-corrected chi connectivity index (χ1v) is 16.6. The standard InChI is InChI=1S/C35H39F3N10O/c36-26-3-1-25(2-4-26)32-33(31-7-12-41-34(39)44-31)48(23-42-32)28-10-15-45(16-11-28)18-24-8-13-46(14-9-24)19-35(49,20-47-22-40-21-43-47)29-6-5-27(37)17-30(29)38/h1-7,12,17,21-24,28,49H,8-11,13-16,18-20H2,(H2,39,41,44). The van der Waals surface area contributed by atoms with Crippen LogP contribution in [0.15, 0.2) is 73.7 Å². The number of benzene rings is 2. The smallest absolute Gasteiger partial charge is 0.220 e. The Morgan fingerprint density at radius 2 is 1.57 bits per heavy atom. The highest BCUT2D eigenvalue weighted by molar-refractivity contribution is 5.77. The normalized spacial score (nSPS) is 18.1. The van der Waals surface area contributed by atoms with Crippen LogP contribution in [0.25, 0.3) is 22.6 Å². The number of β-amino-alcohol motifs (C(OH)–C–C–N with tert-alkyl or cyclic N) is 1. The topological polar surface area (TPSA) is 127 Å². The van der Waals surface area contributed by atoms with Crippen molar-refractivity contribution >= 4 is 5.95 Å². The molecule has 2 aromatic carbocycles. The Morgan fingerprint density at radius 3 is 2.27 bits per heavy atom. The van der Waals surface area contributed by atoms with Crippen molar-refractivity contribution in [2.75, 3.05) is 45.0 Å². The van der Waals surface area contributed by atoms with Gasteiger partial charge in [0.25, 0.3) is 0 Å². The molecule has 1 unspecified atom stereocenters. The van der Waals surface area contributed by atoms with E-state index in [1.165, 1.54) is 41.6 Å². The van der Waals surface area contributed by atoms with Crippen LogP contribution in [0.2, 0.25) is 0 Å². The van der Waals surface area contributed by atoms with Crippen molar-refractivity contribution in [3.63, 3.8) is 0 Å². The number of aromatic nitrogens is 7. The second-order valence-electron chi connectivity index (χ2n) is 13.2. The minimum Gasteiger partial charge on any atom is -0.382 e. The summed E-state index contributed by atoms with van der Waals surface area (Å²) in [6, 6.07) is 11.6. The van der Waals surface area contributed by atoms with Gasteiger partial charge in [0.15, 0.2) is 0 Å². The van der Waals surface area contributed by atoms with Gasteiger partial charge in [-0.15, -0.1) is 0 Å². The van der Waals surface area contributed by atoms with Gasteiger partial charge in [0.2, 0.25) is 5.95 Å². The summed E-state index contributed by atoms with van der Waals surface area (Å²) >= 11 is 0. The second-order valence-corrected chi connectivity index (χ2v) is 13.2. The highest BCUT2D eigenvalue weighted by Gasteiger charge is 2.37. The van der Waals surface area contributed by atoms with Crippen LogP contribution in [0.3, 0.4) is 0 Å². The number of nitrogen functional groups attached to an aromatic ring is 1. The summed E-state index contributed by atoms with van der Waals surface area (Å²) in [6.45, 7) is 4.56. The van der Waals surface area contributed by atoms with Gasteiger partial charge >= 0.3 is 0 Å². The molecule has 11 nitrogen and oxygen atoms in total. The van der Waals surface area contributed by atoms with E-state index in [1.54, 1.807) is 18.3 Å². The van der Waals surface area contributed by atoms with Crippen LogP contribution in [0.5, 0.6) is 0 Å². The zero-order valence-electron chi connectivity index (χ0n) is 27.0. The number of piperidine rings is 2. The Morgan fingerprint density at radius 1 is 0.837 bits per heavy atom. The minimum atomic E-state index is -1.61. The number of likely N-dealkylation sites (tertiary alicyclic amines) is 2. The Bertz CT molecular complexity index is 1850. The summed E-state index contributed by atoms with van der Waals surface area (Å²) in [7, 11) is 0. The van der Waals surface area contributed by atoms with E-state index >= 15 is 0 Å². The monoisotopic (exact) mass is 672 g/mol. The van der Waals surface area contributed by atoms with Crippen LogP contribution in [0.1, 0.15) is 37.3 Å². The molecular weight excluding hydrogens is 633 g/mol. The maximum Gasteiger partial charge on any atom is 0.220 e. The molecule has 5 aromatic rings. The van der Waals surface area contributed by atoms with Crippen molar-refractivity contribution in [2.45, 2.75) is 43.9 Å². The molecule has 14 heteroatoms. The van der Waals surface area contributed by atoms with E-state index in [1.807, 2.05) is 12.4 Å². The minimum absolute atomic E-state index is 0.000937. The lowest BCUT2D eigenvalue weighted by atomic mass is 9.89. The fourth-order valence-electron chi connectivity index (χ4n) is 7.33. The molecule has 0 aliphatic carbocycles. The number of rotatable bonds is 10. The highest BCUT2D eigenvalue weighted by Crippen LogP contribution is 2.36. The summed E-state index contributed by atoms with van der Waals surface area (Å²) in [5.41, 5.74) is 7.43. The van der Waals surface area contributed by atoms with E-state index in [4.69, 9.17) is 10.7 Å². The molecule has 2 aliphatic rings. The van der Waals surface area contributed by atoms with Crippen LogP contribution in [-0.4, -0.2) is 88.5 Å². The molecule has 3 aromatic heterocycles. The number of hydrogen-bond acceptors (Lipinski definition) is 9. The van der Waals surface area contributed by atoms with E-state index in [-0.39, 0.29) is 36.5 Å². The molecule has 3 N–H and O–H groups in total. The van der Waals surface area contributed by atoms with Gasteiger partial charge in [-0.2, -0.15) is 5.10 Å².